The summed E-state index contributed by atoms with van der Waals surface area (Å²) in [6.07, 6.45) is 3.39. The van der Waals surface area contributed by atoms with Crippen molar-refractivity contribution >= 4 is 11.9 Å². The number of rotatable bonds is 4. The van der Waals surface area contributed by atoms with Crippen molar-refractivity contribution in [3.05, 3.63) is 30.1 Å². The van der Waals surface area contributed by atoms with Gasteiger partial charge in [0.05, 0.1) is 5.56 Å². The van der Waals surface area contributed by atoms with Gasteiger partial charge in [0.15, 0.2) is 0 Å². The normalized spacial score (nSPS) is 11.3. The molecule has 0 aliphatic carbocycles. The van der Waals surface area contributed by atoms with E-state index in [2.05, 4.69) is 4.98 Å². The number of carboxylic acid groups (broad SMARTS) is 2. The molecular formula is C12H18N2O4. The quantitative estimate of drug-likeness (QED) is 0.744. The molecule has 1 atom stereocenters. The Balaban J connectivity index is 0.000000321. The maximum atomic E-state index is 10.2. The number of carbonyl (C=O) groups is 2. The van der Waals surface area contributed by atoms with Crippen LogP contribution in [-0.4, -0.2) is 33.2 Å². The number of hydrogen-bond donors (Lipinski definition) is 3. The maximum Gasteiger partial charge on any atom is 0.337 e. The number of aromatic nitrogens is 1. The predicted molar refractivity (Wildman–Crippen MR) is 66.3 cm³/mol. The van der Waals surface area contributed by atoms with Gasteiger partial charge in [-0.25, -0.2) is 4.79 Å². The third kappa shape index (κ3) is 7.34. The first-order valence-corrected chi connectivity index (χ1v) is 5.46. The van der Waals surface area contributed by atoms with Crippen LogP contribution in [-0.2, 0) is 4.79 Å². The molecule has 0 spiro atoms. The molecule has 6 heteroatoms. The molecular weight excluding hydrogens is 236 g/mol. The number of nitrogens with two attached hydrogens (primary N) is 1. The lowest BCUT2D eigenvalue weighted by atomic mass is 10.1. The summed E-state index contributed by atoms with van der Waals surface area (Å²) in [6.45, 7) is 3.89. The van der Waals surface area contributed by atoms with E-state index in [9.17, 15) is 9.59 Å². The first-order valence-electron chi connectivity index (χ1n) is 5.46. The minimum Gasteiger partial charge on any atom is -0.480 e. The van der Waals surface area contributed by atoms with Gasteiger partial charge in [-0.1, -0.05) is 13.8 Å². The maximum absolute atomic E-state index is 10.2. The molecule has 0 amide bonds. The number of nitrogens with zero attached hydrogens (tertiary/aromatic N) is 1. The van der Waals surface area contributed by atoms with Crippen molar-refractivity contribution in [3.8, 4) is 0 Å². The van der Waals surface area contributed by atoms with Crippen LogP contribution in [0.2, 0.25) is 0 Å². The average Bonchev–Trinajstić information content (AvgIpc) is 2.30. The van der Waals surface area contributed by atoms with Gasteiger partial charge in [-0.3, -0.25) is 9.78 Å². The van der Waals surface area contributed by atoms with E-state index in [0.717, 1.165) is 0 Å². The first-order chi connectivity index (χ1) is 8.34. The molecule has 0 saturated carbocycles. The molecule has 0 aliphatic heterocycles. The summed E-state index contributed by atoms with van der Waals surface area (Å²) in [5.41, 5.74) is 5.44. The number of aliphatic carboxylic acids is 1. The van der Waals surface area contributed by atoms with Gasteiger partial charge in [0, 0.05) is 12.4 Å². The van der Waals surface area contributed by atoms with Gasteiger partial charge in [0.2, 0.25) is 0 Å². The largest absolute Gasteiger partial charge is 0.480 e. The van der Waals surface area contributed by atoms with Crippen molar-refractivity contribution in [2.45, 2.75) is 26.3 Å². The summed E-state index contributed by atoms with van der Waals surface area (Å²) in [5, 5.41) is 16.7. The fraction of sp³-hybridized carbons (Fsp3) is 0.417. The molecule has 18 heavy (non-hydrogen) atoms. The summed E-state index contributed by atoms with van der Waals surface area (Å²) in [4.78, 5) is 23.9. The van der Waals surface area contributed by atoms with Crippen LogP contribution in [0.4, 0.5) is 0 Å². The fourth-order valence-corrected chi connectivity index (χ4v) is 1.10. The van der Waals surface area contributed by atoms with Crippen LogP contribution in [0.5, 0.6) is 0 Å². The molecule has 1 heterocycles. The Bertz CT molecular complexity index is 379. The van der Waals surface area contributed by atoms with Gasteiger partial charge < -0.3 is 15.9 Å². The Hall–Kier alpha value is -1.95. The molecule has 0 saturated heterocycles. The monoisotopic (exact) mass is 254 g/mol. The Morgan fingerprint density at radius 3 is 2.22 bits per heavy atom. The predicted octanol–water partition coefficient (Wildman–Crippen LogP) is 1.22. The molecule has 0 fully saturated rings. The van der Waals surface area contributed by atoms with Gasteiger partial charge >= 0.3 is 11.9 Å². The van der Waals surface area contributed by atoms with Gasteiger partial charge in [0.1, 0.15) is 6.04 Å². The number of aromatic carboxylic acids is 1. The summed E-state index contributed by atoms with van der Waals surface area (Å²) in [7, 11) is 0. The van der Waals surface area contributed by atoms with Crippen LogP contribution in [0.3, 0.4) is 0 Å². The number of hydrogen-bond acceptors (Lipinski definition) is 4. The molecule has 6 nitrogen and oxygen atoms in total. The van der Waals surface area contributed by atoms with Gasteiger partial charge in [-0.15, -0.1) is 0 Å². The summed E-state index contributed by atoms with van der Waals surface area (Å²) < 4.78 is 0. The molecule has 0 bridgehead atoms. The van der Waals surface area contributed by atoms with Crippen molar-refractivity contribution in [2.24, 2.45) is 11.7 Å². The van der Waals surface area contributed by atoms with Gasteiger partial charge in [-0.2, -0.15) is 0 Å². The second kappa shape index (κ2) is 8.19. The molecule has 100 valence electrons. The smallest absolute Gasteiger partial charge is 0.337 e. The second-order valence-electron chi connectivity index (χ2n) is 4.12. The highest BCUT2D eigenvalue weighted by molar-refractivity contribution is 5.86. The van der Waals surface area contributed by atoms with E-state index in [1.54, 1.807) is 6.07 Å². The first kappa shape index (κ1) is 16.1. The van der Waals surface area contributed by atoms with Crippen LogP contribution in [0, 0.1) is 5.92 Å². The van der Waals surface area contributed by atoms with E-state index in [1.807, 2.05) is 13.8 Å². The Morgan fingerprint density at radius 2 is 2.00 bits per heavy atom. The lowest BCUT2D eigenvalue weighted by molar-refractivity contribution is -0.138. The lowest BCUT2D eigenvalue weighted by Gasteiger charge is -2.07. The van der Waals surface area contributed by atoms with Crippen LogP contribution >= 0.6 is 0 Å². The van der Waals surface area contributed by atoms with E-state index in [0.29, 0.717) is 12.3 Å². The minimum absolute atomic E-state index is 0.220. The summed E-state index contributed by atoms with van der Waals surface area (Å²) in [6, 6.07) is 2.39. The zero-order valence-corrected chi connectivity index (χ0v) is 10.4. The SMILES string of the molecule is CC(C)C[C@H](N)C(=O)O.O=C(O)c1cccnc1. The molecule has 1 aromatic rings. The van der Waals surface area contributed by atoms with Crippen molar-refractivity contribution in [1.82, 2.24) is 4.98 Å². The van der Waals surface area contributed by atoms with Crippen LogP contribution < -0.4 is 5.73 Å². The third-order valence-corrected chi connectivity index (χ3v) is 1.95. The summed E-state index contributed by atoms with van der Waals surface area (Å²) >= 11 is 0. The van der Waals surface area contributed by atoms with E-state index >= 15 is 0 Å². The highest BCUT2D eigenvalue weighted by atomic mass is 16.4. The average molecular weight is 254 g/mol. The number of pyridine rings is 1. The molecule has 0 unspecified atom stereocenters. The number of carboxylic acids is 2. The molecule has 4 N–H and O–H groups in total. The van der Waals surface area contributed by atoms with Crippen LogP contribution in [0.1, 0.15) is 30.6 Å². The standard InChI is InChI=1S/C6H5NO2.C6H13NO2/c8-6(9)5-2-1-3-7-4-5;1-4(2)3-5(7)6(8)9/h1-4H,(H,8,9);4-5H,3,7H2,1-2H3,(H,8,9)/t;5-/m.0/s1. The Labute approximate surface area is 105 Å². The molecule has 1 rings (SSSR count). The van der Waals surface area contributed by atoms with Gasteiger partial charge in [-0.05, 0) is 24.5 Å². The van der Waals surface area contributed by atoms with E-state index in [4.69, 9.17) is 15.9 Å². The van der Waals surface area contributed by atoms with Crippen LogP contribution in [0.15, 0.2) is 24.5 Å². The highest BCUT2D eigenvalue weighted by Crippen LogP contribution is 2.01. The molecule has 0 radical (unpaired) electrons. The fourth-order valence-electron chi connectivity index (χ4n) is 1.10. The van der Waals surface area contributed by atoms with Crippen molar-refractivity contribution in [3.63, 3.8) is 0 Å². The zero-order chi connectivity index (χ0) is 14.1. The zero-order valence-electron chi connectivity index (χ0n) is 10.4. The highest BCUT2D eigenvalue weighted by Gasteiger charge is 2.11. The van der Waals surface area contributed by atoms with Gasteiger partial charge in [0.25, 0.3) is 0 Å². The minimum atomic E-state index is -0.942. The molecule has 1 aromatic heterocycles. The van der Waals surface area contributed by atoms with Crippen molar-refractivity contribution < 1.29 is 19.8 Å². The van der Waals surface area contributed by atoms with E-state index < -0.39 is 18.0 Å². The van der Waals surface area contributed by atoms with E-state index in [1.165, 1.54) is 18.5 Å². The topological polar surface area (TPSA) is 114 Å². The Kier molecular flexibility index (Phi) is 7.30. The molecule has 0 aromatic carbocycles. The second-order valence-corrected chi connectivity index (χ2v) is 4.12. The molecule has 0 aliphatic rings. The van der Waals surface area contributed by atoms with E-state index in [-0.39, 0.29) is 5.56 Å². The van der Waals surface area contributed by atoms with Crippen molar-refractivity contribution in [2.75, 3.05) is 0 Å². The lowest BCUT2D eigenvalue weighted by Crippen LogP contribution is -2.31. The summed E-state index contributed by atoms with van der Waals surface area (Å²) in [5.74, 6) is -1.50. The van der Waals surface area contributed by atoms with Crippen molar-refractivity contribution in [1.29, 1.82) is 0 Å². The Morgan fingerprint density at radius 1 is 1.39 bits per heavy atom. The third-order valence-electron chi connectivity index (χ3n) is 1.95. The van der Waals surface area contributed by atoms with Crippen LogP contribution in [0.25, 0.3) is 0 Å².